The second kappa shape index (κ2) is 9.48. The number of carbonyl (C=O) groups excluding carboxylic acids is 2. The zero-order valence-electron chi connectivity index (χ0n) is 18.3. The van der Waals surface area contributed by atoms with Crippen molar-refractivity contribution in [3.63, 3.8) is 0 Å². The molecular formula is C23H36N4O3. The largest absolute Gasteiger partial charge is 0.344 e. The van der Waals surface area contributed by atoms with Crippen LogP contribution >= 0.6 is 0 Å². The molecule has 3 aliphatic rings. The summed E-state index contributed by atoms with van der Waals surface area (Å²) in [6.45, 7) is 1.77. The van der Waals surface area contributed by atoms with E-state index in [0.717, 1.165) is 82.9 Å². The highest BCUT2D eigenvalue weighted by molar-refractivity contribution is 5.88. The fraction of sp³-hybridized carbons (Fsp3) is 0.826. The van der Waals surface area contributed by atoms with E-state index in [1.165, 1.54) is 12.8 Å². The molecule has 1 atom stereocenters. The van der Waals surface area contributed by atoms with Gasteiger partial charge in [0.05, 0.1) is 0 Å². The van der Waals surface area contributed by atoms with Crippen LogP contribution < -0.4 is 10.6 Å². The smallest absolute Gasteiger partial charge is 0.243 e. The minimum absolute atomic E-state index is 0.00754. The van der Waals surface area contributed by atoms with Crippen LogP contribution in [0.2, 0.25) is 0 Å². The van der Waals surface area contributed by atoms with Crippen LogP contribution in [-0.4, -0.2) is 28.0 Å². The Hall–Kier alpha value is -1.92. The molecule has 0 aromatic carbocycles. The Balaban J connectivity index is 1.47. The summed E-state index contributed by atoms with van der Waals surface area (Å²) >= 11 is 0. The molecule has 166 valence electrons. The highest BCUT2D eigenvalue weighted by Gasteiger charge is 2.41. The Kier molecular flexibility index (Phi) is 6.74. The summed E-state index contributed by atoms with van der Waals surface area (Å²) < 4.78 is 5.66. The van der Waals surface area contributed by atoms with Crippen molar-refractivity contribution in [3.8, 4) is 0 Å². The van der Waals surface area contributed by atoms with E-state index in [0.29, 0.717) is 11.7 Å². The first kappa shape index (κ1) is 21.3. The lowest BCUT2D eigenvalue weighted by Gasteiger charge is -2.32. The molecule has 2 amide bonds. The van der Waals surface area contributed by atoms with Crippen molar-refractivity contribution in [3.05, 3.63) is 11.7 Å². The van der Waals surface area contributed by atoms with E-state index in [4.69, 9.17) is 9.51 Å². The molecule has 0 saturated heterocycles. The Bertz CT molecular complexity index is 727. The Morgan fingerprint density at radius 2 is 1.60 bits per heavy atom. The molecule has 30 heavy (non-hydrogen) atoms. The summed E-state index contributed by atoms with van der Waals surface area (Å²) in [4.78, 5) is 30.4. The van der Waals surface area contributed by atoms with Crippen molar-refractivity contribution in [2.24, 2.45) is 5.92 Å². The first-order chi connectivity index (χ1) is 14.6. The van der Waals surface area contributed by atoms with Gasteiger partial charge in [0, 0.05) is 11.8 Å². The normalized spacial score (nSPS) is 23.8. The minimum atomic E-state index is -0.597. The quantitative estimate of drug-likeness (QED) is 0.681. The minimum Gasteiger partial charge on any atom is -0.344 e. The van der Waals surface area contributed by atoms with E-state index >= 15 is 0 Å². The van der Waals surface area contributed by atoms with Crippen LogP contribution in [0.15, 0.2) is 4.52 Å². The number of aromatic nitrogens is 2. The maximum atomic E-state index is 13.1. The zero-order valence-corrected chi connectivity index (χ0v) is 18.3. The second-order valence-corrected chi connectivity index (χ2v) is 9.63. The molecule has 0 aliphatic heterocycles. The Morgan fingerprint density at radius 3 is 2.27 bits per heavy atom. The number of hydrogen-bond acceptors (Lipinski definition) is 5. The third kappa shape index (κ3) is 4.70. The van der Waals surface area contributed by atoms with Gasteiger partial charge < -0.3 is 15.2 Å². The molecule has 0 bridgehead atoms. The summed E-state index contributed by atoms with van der Waals surface area (Å²) in [7, 11) is 0. The molecule has 3 fully saturated rings. The van der Waals surface area contributed by atoms with E-state index in [1.54, 1.807) is 6.92 Å². The third-order valence-corrected chi connectivity index (χ3v) is 7.37. The lowest BCUT2D eigenvalue weighted by atomic mass is 9.88. The van der Waals surface area contributed by atoms with Crippen molar-refractivity contribution in [2.45, 2.75) is 114 Å². The van der Waals surface area contributed by atoms with Crippen molar-refractivity contribution < 1.29 is 14.1 Å². The van der Waals surface area contributed by atoms with Crippen molar-refractivity contribution >= 4 is 11.8 Å². The van der Waals surface area contributed by atoms with E-state index in [-0.39, 0.29) is 17.7 Å². The van der Waals surface area contributed by atoms with Gasteiger partial charge in [-0.05, 0) is 45.4 Å². The van der Waals surface area contributed by atoms with Crippen molar-refractivity contribution in [1.29, 1.82) is 0 Å². The maximum absolute atomic E-state index is 13.1. The van der Waals surface area contributed by atoms with Gasteiger partial charge in [-0.1, -0.05) is 56.5 Å². The molecule has 3 saturated carbocycles. The number of hydrogen-bond donors (Lipinski definition) is 2. The predicted octanol–water partition coefficient (Wildman–Crippen LogP) is 4.09. The summed E-state index contributed by atoms with van der Waals surface area (Å²) in [5, 5.41) is 10.5. The van der Waals surface area contributed by atoms with Gasteiger partial charge in [0.25, 0.3) is 0 Å². The lowest BCUT2D eigenvalue weighted by molar-refractivity contribution is -0.131. The Morgan fingerprint density at radius 1 is 0.967 bits per heavy atom. The van der Waals surface area contributed by atoms with Gasteiger partial charge in [0.1, 0.15) is 11.6 Å². The number of carbonyl (C=O) groups is 2. The summed E-state index contributed by atoms with van der Waals surface area (Å²) in [5.41, 5.74) is -0.597. The number of amides is 2. The van der Waals surface area contributed by atoms with Crippen LogP contribution in [0.4, 0.5) is 0 Å². The number of nitrogens with zero attached hydrogens (tertiary/aromatic N) is 2. The fourth-order valence-electron chi connectivity index (χ4n) is 5.43. The topological polar surface area (TPSA) is 97.1 Å². The molecule has 1 aromatic heterocycles. The molecule has 7 heteroatoms. The molecule has 2 N–H and O–H groups in total. The lowest BCUT2D eigenvalue weighted by Crippen LogP contribution is -2.54. The van der Waals surface area contributed by atoms with Crippen LogP contribution in [0.25, 0.3) is 0 Å². The molecule has 0 radical (unpaired) electrons. The van der Waals surface area contributed by atoms with Crippen molar-refractivity contribution in [2.75, 3.05) is 0 Å². The average molecular weight is 417 g/mol. The van der Waals surface area contributed by atoms with Gasteiger partial charge in [-0.3, -0.25) is 9.59 Å². The van der Waals surface area contributed by atoms with Crippen LogP contribution in [0.3, 0.4) is 0 Å². The van der Waals surface area contributed by atoms with Crippen LogP contribution in [0.1, 0.15) is 114 Å². The Labute approximate surface area is 179 Å². The monoisotopic (exact) mass is 416 g/mol. The highest BCUT2D eigenvalue weighted by atomic mass is 16.5. The first-order valence-corrected chi connectivity index (χ1v) is 12.0. The summed E-state index contributed by atoms with van der Waals surface area (Å²) in [6.07, 6.45) is 14.7. The van der Waals surface area contributed by atoms with Crippen LogP contribution in [-0.2, 0) is 15.1 Å². The fourth-order valence-corrected chi connectivity index (χ4v) is 5.43. The standard InChI is InChI=1S/C23H36N4O3/c1-16(24-20(29)17-10-4-5-11-17)19(28)26-23(14-8-2-3-9-15-23)22-25-21(30-27-22)18-12-6-7-13-18/h16-18H,2-15H2,1H3,(H,24,29)(H,26,28)/t16-/m0/s1. The predicted molar refractivity (Wildman–Crippen MR) is 113 cm³/mol. The number of nitrogens with one attached hydrogen (secondary N) is 2. The molecule has 3 aliphatic carbocycles. The summed E-state index contributed by atoms with van der Waals surface area (Å²) in [6, 6.07) is -0.570. The van der Waals surface area contributed by atoms with Gasteiger partial charge >= 0.3 is 0 Å². The first-order valence-electron chi connectivity index (χ1n) is 12.0. The summed E-state index contributed by atoms with van der Waals surface area (Å²) in [5.74, 6) is 1.60. The van der Waals surface area contributed by atoms with Gasteiger partial charge in [-0.15, -0.1) is 0 Å². The van der Waals surface area contributed by atoms with Gasteiger partial charge in [-0.2, -0.15) is 4.98 Å². The average Bonchev–Trinajstić information content (AvgIpc) is 3.49. The SMILES string of the molecule is C[C@H](NC(=O)C1CCCC1)C(=O)NC1(c2noc(C3CCCC3)n2)CCCCCC1. The molecule has 0 unspecified atom stereocenters. The van der Waals surface area contributed by atoms with Gasteiger partial charge in [0.2, 0.25) is 17.7 Å². The zero-order chi connectivity index (χ0) is 21.0. The van der Waals surface area contributed by atoms with E-state index in [1.807, 2.05) is 0 Å². The molecule has 1 heterocycles. The molecule has 4 rings (SSSR count). The molecule has 0 spiro atoms. The molecule has 7 nitrogen and oxygen atoms in total. The van der Waals surface area contributed by atoms with E-state index in [2.05, 4.69) is 15.8 Å². The second-order valence-electron chi connectivity index (χ2n) is 9.63. The highest BCUT2D eigenvalue weighted by Crippen LogP contribution is 2.38. The van der Waals surface area contributed by atoms with Gasteiger partial charge in [0.15, 0.2) is 5.82 Å². The molecular weight excluding hydrogens is 380 g/mol. The third-order valence-electron chi connectivity index (χ3n) is 7.37. The number of rotatable bonds is 6. The van der Waals surface area contributed by atoms with Crippen LogP contribution in [0.5, 0.6) is 0 Å². The van der Waals surface area contributed by atoms with Crippen molar-refractivity contribution in [1.82, 2.24) is 20.8 Å². The van der Waals surface area contributed by atoms with E-state index < -0.39 is 11.6 Å². The maximum Gasteiger partial charge on any atom is 0.243 e. The molecule has 1 aromatic rings. The van der Waals surface area contributed by atoms with Gasteiger partial charge in [-0.25, -0.2) is 0 Å². The van der Waals surface area contributed by atoms with Crippen LogP contribution in [0, 0.1) is 5.92 Å². The van der Waals surface area contributed by atoms with E-state index in [9.17, 15) is 9.59 Å².